The van der Waals surface area contributed by atoms with Crippen LogP contribution in [0.2, 0.25) is 0 Å². The summed E-state index contributed by atoms with van der Waals surface area (Å²) in [5.74, 6) is 0.556. The average Bonchev–Trinajstić information content (AvgIpc) is 3.23. The molecule has 0 saturated carbocycles. The van der Waals surface area contributed by atoms with Gasteiger partial charge in [-0.15, -0.1) is 0 Å². The number of carbonyl (C=O) groups is 1. The van der Waals surface area contributed by atoms with Crippen molar-refractivity contribution in [3.8, 4) is 5.75 Å². The molecule has 0 spiro atoms. The zero-order valence-electron chi connectivity index (χ0n) is 13.5. The molecule has 6 nitrogen and oxygen atoms in total. The fourth-order valence-electron chi connectivity index (χ4n) is 2.89. The normalized spacial score (nSPS) is 26.5. The monoisotopic (exact) mass is 318 g/mol. The molecule has 2 heterocycles. The second-order valence-electron chi connectivity index (χ2n) is 6.08. The number of amides is 1. The van der Waals surface area contributed by atoms with Crippen LogP contribution in [0.3, 0.4) is 0 Å². The van der Waals surface area contributed by atoms with Crippen molar-refractivity contribution in [2.45, 2.75) is 37.9 Å². The maximum absolute atomic E-state index is 12.5. The van der Waals surface area contributed by atoms with Crippen molar-refractivity contribution < 1.29 is 19.1 Å². The summed E-state index contributed by atoms with van der Waals surface area (Å²) < 4.78 is 10.9. The lowest BCUT2D eigenvalue weighted by atomic mass is 9.94. The highest BCUT2D eigenvalue weighted by Gasteiger charge is 2.42. The number of rotatable bonds is 5. The van der Waals surface area contributed by atoms with Crippen molar-refractivity contribution >= 4 is 11.6 Å². The minimum absolute atomic E-state index is 0.110. The highest BCUT2D eigenvalue weighted by atomic mass is 16.7. The third-order valence-corrected chi connectivity index (χ3v) is 4.27. The summed E-state index contributed by atoms with van der Waals surface area (Å²) >= 11 is 0. The van der Waals surface area contributed by atoms with Crippen LogP contribution in [0.4, 0.5) is 0 Å². The van der Waals surface area contributed by atoms with Gasteiger partial charge in [0.05, 0.1) is 18.9 Å². The number of nitrogens with zero attached hydrogens (tertiary/aromatic N) is 1. The molecule has 1 aromatic carbocycles. The average molecular weight is 318 g/mol. The summed E-state index contributed by atoms with van der Waals surface area (Å²) in [4.78, 5) is 17.9. The van der Waals surface area contributed by atoms with Crippen LogP contribution in [0.25, 0.3) is 0 Å². The minimum Gasteiger partial charge on any atom is -0.496 e. The summed E-state index contributed by atoms with van der Waals surface area (Å²) in [6.45, 7) is 3.04. The van der Waals surface area contributed by atoms with E-state index < -0.39 is 5.60 Å². The molecule has 2 aliphatic heterocycles. The van der Waals surface area contributed by atoms with Crippen LogP contribution in [0.15, 0.2) is 29.4 Å². The van der Waals surface area contributed by atoms with Gasteiger partial charge in [-0.25, -0.2) is 0 Å². The van der Waals surface area contributed by atoms with Crippen LogP contribution in [0.1, 0.15) is 31.7 Å². The van der Waals surface area contributed by atoms with E-state index in [1.54, 1.807) is 14.0 Å². The molecule has 23 heavy (non-hydrogen) atoms. The summed E-state index contributed by atoms with van der Waals surface area (Å²) in [6, 6.07) is 7.59. The maximum Gasteiger partial charge on any atom is 0.267 e. The molecular weight excluding hydrogens is 296 g/mol. The number of benzene rings is 1. The summed E-state index contributed by atoms with van der Waals surface area (Å²) in [6.07, 6.45) is 2.56. The van der Waals surface area contributed by atoms with Gasteiger partial charge in [-0.1, -0.05) is 17.3 Å². The number of hydrogen-bond donors (Lipinski definition) is 1. The molecule has 1 amide bonds. The van der Waals surface area contributed by atoms with Gasteiger partial charge in [-0.2, -0.15) is 0 Å². The molecule has 6 heteroatoms. The van der Waals surface area contributed by atoms with E-state index in [1.807, 2.05) is 24.3 Å². The number of para-hydroxylation sites is 1. The summed E-state index contributed by atoms with van der Waals surface area (Å²) in [5, 5.41) is 7.03. The molecule has 0 aromatic heterocycles. The number of ether oxygens (including phenoxy) is 2. The molecule has 1 saturated heterocycles. The fourth-order valence-corrected chi connectivity index (χ4v) is 2.89. The van der Waals surface area contributed by atoms with E-state index in [9.17, 15) is 4.79 Å². The van der Waals surface area contributed by atoms with E-state index in [-0.39, 0.29) is 12.0 Å². The first-order valence-electron chi connectivity index (χ1n) is 7.91. The molecule has 2 aliphatic rings. The number of oxime groups is 1. The maximum atomic E-state index is 12.5. The minimum atomic E-state index is -0.991. The van der Waals surface area contributed by atoms with E-state index in [2.05, 4.69) is 10.5 Å². The third-order valence-electron chi connectivity index (χ3n) is 4.27. The Morgan fingerprint density at radius 2 is 2.30 bits per heavy atom. The molecule has 1 aromatic rings. The SMILES string of the molecule is COc1ccccc1C1=NO[C@@](C)(C(=O)NC[C@@H]2CCCO2)C1. The Balaban J connectivity index is 1.63. The van der Waals surface area contributed by atoms with Crippen LogP contribution >= 0.6 is 0 Å². The first kappa shape index (κ1) is 15.8. The zero-order chi connectivity index (χ0) is 16.3. The Morgan fingerprint density at radius 1 is 1.48 bits per heavy atom. The van der Waals surface area contributed by atoms with Crippen LogP contribution in [-0.4, -0.2) is 43.6 Å². The van der Waals surface area contributed by atoms with Gasteiger partial charge in [0.2, 0.25) is 5.60 Å². The van der Waals surface area contributed by atoms with Crippen LogP contribution < -0.4 is 10.1 Å². The lowest BCUT2D eigenvalue weighted by Crippen LogP contribution is -2.46. The molecular formula is C17H22N2O4. The fraction of sp³-hybridized carbons (Fsp3) is 0.529. The van der Waals surface area contributed by atoms with Gasteiger partial charge >= 0.3 is 0 Å². The Labute approximate surface area is 135 Å². The van der Waals surface area contributed by atoms with Crippen molar-refractivity contribution in [2.24, 2.45) is 5.16 Å². The van der Waals surface area contributed by atoms with Crippen molar-refractivity contribution in [1.29, 1.82) is 0 Å². The Morgan fingerprint density at radius 3 is 3.04 bits per heavy atom. The van der Waals surface area contributed by atoms with Crippen molar-refractivity contribution in [1.82, 2.24) is 5.32 Å². The lowest BCUT2D eigenvalue weighted by Gasteiger charge is -2.21. The number of methoxy groups -OCH3 is 1. The topological polar surface area (TPSA) is 69.2 Å². The lowest BCUT2D eigenvalue weighted by molar-refractivity contribution is -0.142. The third kappa shape index (κ3) is 3.32. The second kappa shape index (κ2) is 6.58. The Kier molecular flexibility index (Phi) is 4.52. The quantitative estimate of drug-likeness (QED) is 0.900. The molecule has 1 fully saturated rings. The van der Waals surface area contributed by atoms with Gasteiger partial charge in [0.15, 0.2) is 0 Å². The smallest absolute Gasteiger partial charge is 0.267 e. The van der Waals surface area contributed by atoms with Gasteiger partial charge in [-0.3, -0.25) is 4.79 Å². The van der Waals surface area contributed by atoms with E-state index in [0.29, 0.717) is 13.0 Å². The zero-order valence-corrected chi connectivity index (χ0v) is 13.5. The van der Waals surface area contributed by atoms with Crippen LogP contribution in [-0.2, 0) is 14.4 Å². The van der Waals surface area contributed by atoms with Crippen LogP contribution in [0, 0.1) is 0 Å². The molecule has 1 N–H and O–H groups in total. The highest BCUT2D eigenvalue weighted by molar-refractivity contribution is 6.07. The van der Waals surface area contributed by atoms with Gasteiger partial charge in [0.1, 0.15) is 5.75 Å². The molecule has 0 radical (unpaired) electrons. The van der Waals surface area contributed by atoms with Gasteiger partial charge in [0, 0.05) is 25.1 Å². The molecule has 0 bridgehead atoms. The highest BCUT2D eigenvalue weighted by Crippen LogP contribution is 2.30. The Bertz CT molecular complexity index is 610. The van der Waals surface area contributed by atoms with Crippen LogP contribution in [0.5, 0.6) is 5.75 Å². The Hall–Kier alpha value is -2.08. The largest absolute Gasteiger partial charge is 0.496 e. The molecule has 0 unspecified atom stereocenters. The second-order valence-corrected chi connectivity index (χ2v) is 6.08. The predicted octanol–water partition coefficient (Wildman–Crippen LogP) is 1.87. The van der Waals surface area contributed by atoms with Crippen molar-refractivity contribution in [3.05, 3.63) is 29.8 Å². The molecule has 124 valence electrons. The molecule has 2 atom stereocenters. The molecule has 0 aliphatic carbocycles. The standard InChI is InChI=1S/C17H22N2O4/c1-17(16(20)18-11-12-6-5-9-22-12)10-14(19-23-17)13-7-3-4-8-15(13)21-2/h3-4,7-8,12H,5-6,9-11H2,1-2H3,(H,18,20)/t12-,17+/m0/s1. The molecule has 3 rings (SSSR count). The number of hydrogen-bond acceptors (Lipinski definition) is 5. The van der Waals surface area contributed by atoms with E-state index in [1.165, 1.54) is 0 Å². The summed E-state index contributed by atoms with van der Waals surface area (Å²) in [5.41, 5.74) is 0.581. The number of nitrogens with one attached hydrogen (secondary N) is 1. The van der Waals surface area contributed by atoms with Gasteiger partial charge < -0.3 is 19.6 Å². The van der Waals surface area contributed by atoms with Gasteiger partial charge in [-0.05, 0) is 31.9 Å². The van der Waals surface area contributed by atoms with Crippen molar-refractivity contribution in [2.75, 3.05) is 20.3 Å². The summed E-state index contributed by atoms with van der Waals surface area (Å²) in [7, 11) is 1.61. The van der Waals surface area contributed by atoms with Crippen molar-refractivity contribution in [3.63, 3.8) is 0 Å². The number of carbonyl (C=O) groups excluding carboxylic acids is 1. The van der Waals surface area contributed by atoms with E-state index in [4.69, 9.17) is 14.3 Å². The van der Waals surface area contributed by atoms with E-state index in [0.717, 1.165) is 36.5 Å². The van der Waals surface area contributed by atoms with Gasteiger partial charge in [0.25, 0.3) is 5.91 Å². The van der Waals surface area contributed by atoms with E-state index >= 15 is 0 Å². The first-order chi connectivity index (χ1) is 11.1. The first-order valence-corrected chi connectivity index (χ1v) is 7.91. The predicted molar refractivity (Wildman–Crippen MR) is 85.6 cm³/mol.